The van der Waals surface area contributed by atoms with Crippen LogP contribution in [0.15, 0.2) is 73.1 Å². The third kappa shape index (κ3) is 10.3. The van der Waals surface area contributed by atoms with Crippen molar-refractivity contribution in [3.8, 4) is 11.5 Å². The maximum atomic E-state index is 13.6. The molecule has 11 heteroatoms. The Kier molecular flexibility index (Phi) is 13.6. The molecule has 2 aliphatic rings. The van der Waals surface area contributed by atoms with Gasteiger partial charge in [0.05, 0.1) is 32.1 Å². The number of methoxy groups -OCH3 is 1. The van der Waals surface area contributed by atoms with E-state index in [1.807, 2.05) is 19.9 Å². The van der Waals surface area contributed by atoms with Crippen molar-refractivity contribution in [3.05, 3.63) is 89.7 Å². The fourth-order valence-corrected chi connectivity index (χ4v) is 6.37. The number of nitrogens with one attached hydrogen (secondary N) is 2. The number of pyridine rings is 1. The Labute approximate surface area is 289 Å². The lowest BCUT2D eigenvalue weighted by Crippen LogP contribution is -2.54. The Morgan fingerprint density at radius 2 is 1.65 bits per heavy atom. The van der Waals surface area contributed by atoms with Crippen LogP contribution in [0.3, 0.4) is 0 Å². The van der Waals surface area contributed by atoms with Gasteiger partial charge in [-0.1, -0.05) is 49.7 Å². The van der Waals surface area contributed by atoms with Gasteiger partial charge < -0.3 is 29.9 Å². The van der Waals surface area contributed by atoms with Gasteiger partial charge in [-0.25, -0.2) is 0 Å². The molecule has 0 spiro atoms. The largest absolute Gasteiger partial charge is 0.493 e. The molecule has 2 N–H and O–H groups in total. The average molecular weight is 672 g/mol. The third-order valence-electron chi connectivity index (χ3n) is 8.79. The number of likely N-dealkylation sites (N-methyl/N-ethyl adjacent to an activating group) is 1. The predicted molar refractivity (Wildman–Crippen MR) is 187 cm³/mol. The van der Waals surface area contributed by atoms with Gasteiger partial charge >= 0.3 is 0 Å². The first-order valence-corrected chi connectivity index (χ1v) is 17.0. The fourth-order valence-electron chi connectivity index (χ4n) is 6.37. The summed E-state index contributed by atoms with van der Waals surface area (Å²) in [4.78, 5) is 59.4. The minimum atomic E-state index is -0.560. The van der Waals surface area contributed by atoms with E-state index in [1.165, 1.54) is 32.6 Å². The Bertz CT molecular complexity index is 1550. The molecule has 2 fully saturated rings. The zero-order valence-corrected chi connectivity index (χ0v) is 29.2. The summed E-state index contributed by atoms with van der Waals surface area (Å²) in [6.45, 7) is 7.32. The van der Waals surface area contributed by atoms with Gasteiger partial charge in [0.25, 0.3) is 5.91 Å². The molecule has 3 aromatic rings. The van der Waals surface area contributed by atoms with E-state index in [1.54, 1.807) is 46.5 Å². The molecule has 3 unspecified atom stereocenters. The predicted octanol–water partition coefficient (Wildman–Crippen LogP) is 3.77. The first kappa shape index (κ1) is 36.9. The summed E-state index contributed by atoms with van der Waals surface area (Å²) >= 11 is 0. The van der Waals surface area contributed by atoms with Crippen molar-refractivity contribution in [2.24, 2.45) is 17.8 Å². The highest BCUT2D eigenvalue weighted by Crippen LogP contribution is 2.37. The van der Waals surface area contributed by atoms with Crippen molar-refractivity contribution in [2.75, 3.05) is 46.9 Å². The number of hydrogen-bond donors (Lipinski definition) is 2. The lowest BCUT2D eigenvalue weighted by molar-refractivity contribution is -0.139. The molecule has 0 bridgehead atoms. The van der Waals surface area contributed by atoms with Gasteiger partial charge in [-0.2, -0.15) is 0 Å². The van der Waals surface area contributed by atoms with Crippen LogP contribution in [0.2, 0.25) is 0 Å². The van der Waals surface area contributed by atoms with E-state index >= 15 is 0 Å². The van der Waals surface area contributed by atoms with Gasteiger partial charge in [-0.15, -0.1) is 0 Å². The van der Waals surface area contributed by atoms with Crippen LogP contribution in [0.25, 0.3) is 0 Å². The standard InChI is InChI=1S/C29H37N5O6.C9H12/c1-18(2)40-24-8-7-20(11-25(24)39-4)29(38)34-15-21-14-33(27(36)10-19-6-5-9-31-12-19)17-23(22(21)16-34)28(37)32-13-26(35)30-3;1-2-6-9-7-4-3-5-8-9/h5-9,11-12,18,21-23H,10,13-17H2,1-4H3,(H,30,35)(H,32,37);3-5,7-8H,2,6H2,1H3. The number of rotatable bonds is 11. The third-order valence-corrected chi connectivity index (χ3v) is 8.79. The quantitative estimate of drug-likeness (QED) is 0.318. The van der Waals surface area contributed by atoms with E-state index in [-0.39, 0.29) is 61.1 Å². The van der Waals surface area contributed by atoms with E-state index in [0.29, 0.717) is 36.7 Å². The summed E-state index contributed by atoms with van der Waals surface area (Å²) in [6.07, 6.45) is 5.87. The molecule has 0 aliphatic carbocycles. The number of benzene rings is 2. The van der Waals surface area contributed by atoms with Crippen LogP contribution in [0, 0.1) is 17.8 Å². The molecular weight excluding hydrogens is 622 g/mol. The van der Waals surface area contributed by atoms with Crippen molar-refractivity contribution in [3.63, 3.8) is 0 Å². The van der Waals surface area contributed by atoms with Crippen LogP contribution in [0.5, 0.6) is 11.5 Å². The first-order valence-electron chi connectivity index (χ1n) is 17.0. The summed E-state index contributed by atoms with van der Waals surface area (Å²) in [5.74, 6) is -0.675. The number of nitrogens with zero attached hydrogens (tertiary/aromatic N) is 3. The molecule has 4 amide bonds. The molecule has 2 aromatic carbocycles. The molecule has 2 saturated heterocycles. The molecule has 1 aromatic heterocycles. The minimum absolute atomic E-state index is 0.0487. The average Bonchev–Trinajstić information content (AvgIpc) is 3.55. The minimum Gasteiger partial charge on any atom is -0.493 e. The van der Waals surface area contributed by atoms with Crippen molar-refractivity contribution in [1.82, 2.24) is 25.4 Å². The maximum Gasteiger partial charge on any atom is 0.254 e. The van der Waals surface area contributed by atoms with Gasteiger partial charge in [-0.3, -0.25) is 24.2 Å². The van der Waals surface area contributed by atoms with E-state index in [0.717, 1.165) is 5.56 Å². The number of fused-ring (bicyclic) bond motifs is 1. The Morgan fingerprint density at radius 1 is 0.918 bits per heavy atom. The number of carbonyl (C=O) groups is 4. The lowest BCUT2D eigenvalue weighted by Gasteiger charge is -2.39. The molecule has 5 rings (SSSR count). The Balaban J connectivity index is 0.000000520. The second-order valence-corrected chi connectivity index (χ2v) is 12.7. The highest BCUT2D eigenvalue weighted by molar-refractivity contribution is 5.95. The van der Waals surface area contributed by atoms with Crippen LogP contribution in [0.4, 0.5) is 0 Å². The molecule has 49 heavy (non-hydrogen) atoms. The maximum absolute atomic E-state index is 13.6. The zero-order chi connectivity index (χ0) is 35.3. The fraction of sp³-hybridized carbons (Fsp3) is 0.447. The van der Waals surface area contributed by atoms with Crippen molar-refractivity contribution < 1.29 is 28.7 Å². The Hall–Kier alpha value is -4.93. The molecule has 0 radical (unpaired) electrons. The van der Waals surface area contributed by atoms with E-state index in [9.17, 15) is 19.2 Å². The van der Waals surface area contributed by atoms with Crippen LogP contribution >= 0.6 is 0 Å². The number of amides is 4. The molecule has 11 nitrogen and oxygen atoms in total. The zero-order valence-electron chi connectivity index (χ0n) is 29.2. The molecular formula is C38H49N5O6. The second kappa shape index (κ2) is 18.0. The summed E-state index contributed by atoms with van der Waals surface area (Å²) in [7, 11) is 3.03. The van der Waals surface area contributed by atoms with E-state index in [4.69, 9.17) is 9.47 Å². The second-order valence-electron chi connectivity index (χ2n) is 12.7. The van der Waals surface area contributed by atoms with Crippen LogP contribution in [-0.2, 0) is 27.2 Å². The van der Waals surface area contributed by atoms with Crippen LogP contribution < -0.4 is 20.1 Å². The van der Waals surface area contributed by atoms with Gasteiger partial charge in [0.1, 0.15) is 0 Å². The Morgan fingerprint density at radius 3 is 2.31 bits per heavy atom. The monoisotopic (exact) mass is 671 g/mol. The van der Waals surface area contributed by atoms with Crippen molar-refractivity contribution in [1.29, 1.82) is 0 Å². The highest BCUT2D eigenvalue weighted by Gasteiger charge is 2.47. The number of carbonyl (C=O) groups excluding carboxylic acids is 4. The SMILES string of the molecule is CCCc1ccccc1.CNC(=O)CNC(=O)C1CN(C(=O)Cc2cccnc2)CC2CN(C(=O)c3ccc(OC(C)C)c(OC)c3)CC21. The number of piperidine rings is 1. The molecule has 2 aliphatic heterocycles. The molecule has 0 saturated carbocycles. The van der Waals surface area contributed by atoms with Crippen LogP contribution in [-0.4, -0.2) is 91.4 Å². The topological polar surface area (TPSA) is 130 Å². The molecule has 3 atom stereocenters. The van der Waals surface area contributed by atoms with Gasteiger partial charge in [0, 0.05) is 51.2 Å². The summed E-state index contributed by atoms with van der Waals surface area (Å²) in [5, 5.41) is 5.20. The number of aryl methyl sites for hydroxylation is 1. The van der Waals surface area contributed by atoms with Crippen molar-refractivity contribution in [2.45, 2.75) is 46.1 Å². The van der Waals surface area contributed by atoms with Crippen LogP contribution in [0.1, 0.15) is 48.7 Å². The summed E-state index contributed by atoms with van der Waals surface area (Å²) < 4.78 is 11.2. The van der Waals surface area contributed by atoms with E-state index < -0.39 is 5.92 Å². The summed E-state index contributed by atoms with van der Waals surface area (Å²) in [6, 6.07) is 19.3. The smallest absolute Gasteiger partial charge is 0.254 e. The first-order chi connectivity index (χ1) is 23.6. The van der Waals surface area contributed by atoms with E-state index in [2.05, 4.69) is 52.9 Å². The number of aromatic nitrogens is 1. The van der Waals surface area contributed by atoms with Crippen molar-refractivity contribution >= 4 is 23.6 Å². The summed E-state index contributed by atoms with van der Waals surface area (Å²) in [5.41, 5.74) is 2.69. The number of ether oxygens (including phenoxy) is 2. The number of hydrogen-bond acceptors (Lipinski definition) is 7. The van der Waals surface area contributed by atoms with Gasteiger partial charge in [-0.05, 0) is 67.5 Å². The lowest BCUT2D eigenvalue weighted by atomic mass is 9.79. The molecule has 3 heterocycles. The van der Waals surface area contributed by atoms with Gasteiger partial charge in [0.15, 0.2) is 11.5 Å². The highest BCUT2D eigenvalue weighted by atomic mass is 16.5. The normalized spacial score (nSPS) is 18.1. The number of likely N-dealkylation sites (tertiary alicyclic amines) is 2. The van der Waals surface area contributed by atoms with Gasteiger partial charge in [0.2, 0.25) is 17.7 Å². The molecule has 262 valence electrons.